The topological polar surface area (TPSA) is 94.3 Å². The molecule has 0 saturated heterocycles. The minimum Gasteiger partial charge on any atom is -0.454 e. The van der Waals surface area contributed by atoms with E-state index in [1.165, 1.54) is 37.6 Å². The lowest BCUT2D eigenvalue weighted by Gasteiger charge is -2.11. The van der Waals surface area contributed by atoms with Crippen molar-refractivity contribution < 1.29 is 13.2 Å². The number of aromatic nitrogens is 1. The maximum absolute atomic E-state index is 11.9. The standard InChI is InChI=1S/C12H12ClN3O3S/c1-15-20(17,18)12-5-9(14)2-3-11(12)19-10-4-8(13)6-16-7-10/h2-7,15H,14H2,1H3. The largest absolute Gasteiger partial charge is 0.454 e. The molecule has 106 valence electrons. The van der Waals surface area contributed by atoms with Crippen LogP contribution in [0.25, 0.3) is 0 Å². The second-order valence-corrected chi connectivity index (χ2v) is 6.15. The average Bonchev–Trinajstić information content (AvgIpc) is 2.41. The number of nitrogens with one attached hydrogen (secondary N) is 1. The monoisotopic (exact) mass is 313 g/mol. The third-order valence-corrected chi connectivity index (χ3v) is 4.08. The molecule has 0 atom stereocenters. The second kappa shape index (κ2) is 5.66. The van der Waals surface area contributed by atoms with Gasteiger partial charge in [0.15, 0.2) is 0 Å². The Morgan fingerprint density at radius 3 is 2.70 bits per heavy atom. The fraction of sp³-hybridized carbons (Fsp3) is 0.0833. The van der Waals surface area contributed by atoms with Crippen LogP contribution in [-0.2, 0) is 10.0 Å². The molecule has 1 aromatic heterocycles. The van der Waals surface area contributed by atoms with Gasteiger partial charge in [0.25, 0.3) is 0 Å². The van der Waals surface area contributed by atoms with Gasteiger partial charge in [-0.05, 0) is 25.2 Å². The first-order chi connectivity index (χ1) is 9.42. The molecule has 2 rings (SSSR count). The number of pyridine rings is 1. The summed E-state index contributed by atoms with van der Waals surface area (Å²) >= 11 is 5.80. The van der Waals surface area contributed by atoms with Crippen molar-refractivity contribution in [3.8, 4) is 11.5 Å². The predicted octanol–water partition coefficient (Wildman–Crippen LogP) is 2.02. The molecular weight excluding hydrogens is 302 g/mol. The molecule has 2 aromatic rings. The van der Waals surface area contributed by atoms with Gasteiger partial charge >= 0.3 is 0 Å². The first-order valence-corrected chi connectivity index (χ1v) is 7.40. The Morgan fingerprint density at radius 2 is 2.05 bits per heavy atom. The summed E-state index contributed by atoms with van der Waals surface area (Å²) in [6.07, 6.45) is 2.88. The zero-order valence-corrected chi connectivity index (χ0v) is 12.1. The Balaban J connectivity index is 2.47. The van der Waals surface area contributed by atoms with Crippen LogP contribution < -0.4 is 15.2 Å². The maximum atomic E-state index is 11.9. The van der Waals surface area contributed by atoms with Gasteiger partial charge in [0, 0.05) is 18.0 Å². The van der Waals surface area contributed by atoms with Crippen LogP contribution in [0.4, 0.5) is 5.69 Å². The zero-order chi connectivity index (χ0) is 14.8. The van der Waals surface area contributed by atoms with Gasteiger partial charge < -0.3 is 10.5 Å². The highest BCUT2D eigenvalue weighted by Crippen LogP contribution is 2.30. The number of ether oxygens (including phenoxy) is 1. The van der Waals surface area contributed by atoms with Crippen molar-refractivity contribution in [1.29, 1.82) is 0 Å². The van der Waals surface area contributed by atoms with Crippen LogP contribution in [0.15, 0.2) is 41.6 Å². The van der Waals surface area contributed by atoms with E-state index in [2.05, 4.69) is 9.71 Å². The van der Waals surface area contributed by atoms with Crippen LogP contribution in [0.5, 0.6) is 11.5 Å². The van der Waals surface area contributed by atoms with E-state index in [4.69, 9.17) is 22.1 Å². The third-order valence-electron chi connectivity index (χ3n) is 2.43. The van der Waals surface area contributed by atoms with Gasteiger partial charge in [-0.15, -0.1) is 0 Å². The summed E-state index contributed by atoms with van der Waals surface area (Å²) in [6, 6.07) is 5.86. The Labute approximate surface area is 121 Å². The molecule has 0 bridgehead atoms. The first-order valence-electron chi connectivity index (χ1n) is 5.54. The fourth-order valence-corrected chi connectivity index (χ4v) is 2.55. The summed E-state index contributed by atoms with van der Waals surface area (Å²) in [5.74, 6) is 0.465. The van der Waals surface area contributed by atoms with Gasteiger partial charge in [0.05, 0.1) is 11.2 Å². The lowest BCUT2D eigenvalue weighted by molar-refractivity contribution is 0.465. The van der Waals surface area contributed by atoms with Crippen LogP contribution in [0.2, 0.25) is 5.02 Å². The number of anilines is 1. The van der Waals surface area contributed by atoms with Gasteiger partial charge in [0.2, 0.25) is 10.0 Å². The minimum absolute atomic E-state index is 0.0556. The van der Waals surface area contributed by atoms with Crippen molar-refractivity contribution in [2.24, 2.45) is 0 Å². The van der Waals surface area contributed by atoms with E-state index in [0.29, 0.717) is 16.5 Å². The fourth-order valence-electron chi connectivity index (χ4n) is 1.50. The van der Waals surface area contributed by atoms with Crippen LogP contribution in [-0.4, -0.2) is 20.4 Å². The summed E-state index contributed by atoms with van der Waals surface area (Å²) in [7, 11) is -2.38. The minimum atomic E-state index is -3.69. The molecule has 3 N–H and O–H groups in total. The molecular formula is C12H12ClN3O3S. The van der Waals surface area contributed by atoms with Crippen LogP contribution in [0.1, 0.15) is 0 Å². The number of nitrogens with two attached hydrogens (primary N) is 1. The van der Waals surface area contributed by atoms with E-state index in [-0.39, 0.29) is 10.6 Å². The molecule has 0 aliphatic heterocycles. The summed E-state index contributed by atoms with van der Waals surface area (Å²) in [4.78, 5) is 3.81. The molecule has 0 saturated carbocycles. The van der Waals surface area contributed by atoms with Crippen molar-refractivity contribution in [2.75, 3.05) is 12.8 Å². The van der Waals surface area contributed by atoms with Gasteiger partial charge in [-0.3, -0.25) is 4.98 Å². The molecule has 0 aliphatic rings. The smallest absolute Gasteiger partial charge is 0.244 e. The number of halogens is 1. The summed E-state index contributed by atoms with van der Waals surface area (Å²) in [6.45, 7) is 0. The zero-order valence-electron chi connectivity index (χ0n) is 10.5. The summed E-state index contributed by atoms with van der Waals surface area (Å²) < 4.78 is 31.6. The molecule has 1 aromatic carbocycles. The normalized spacial score (nSPS) is 11.3. The summed E-state index contributed by atoms with van der Waals surface area (Å²) in [5, 5.41) is 0.385. The highest BCUT2D eigenvalue weighted by molar-refractivity contribution is 7.89. The highest BCUT2D eigenvalue weighted by Gasteiger charge is 2.19. The van der Waals surface area contributed by atoms with E-state index in [0.717, 1.165) is 0 Å². The highest BCUT2D eigenvalue weighted by atomic mass is 35.5. The van der Waals surface area contributed by atoms with Crippen molar-refractivity contribution in [3.05, 3.63) is 41.7 Å². The van der Waals surface area contributed by atoms with Gasteiger partial charge in [-0.25, -0.2) is 13.1 Å². The van der Waals surface area contributed by atoms with Gasteiger partial charge in [0.1, 0.15) is 16.4 Å². The maximum Gasteiger partial charge on any atom is 0.244 e. The number of benzene rings is 1. The number of hydrogen-bond acceptors (Lipinski definition) is 5. The number of nitrogens with zero attached hydrogens (tertiary/aromatic N) is 1. The summed E-state index contributed by atoms with van der Waals surface area (Å²) in [5.41, 5.74) is 5.93. The van der Waals surface area contributed by atoms with Crippen molar-refractivity contribution >= 4 is 27.3 Å². The molecule has 0 amide bonds. The Kier molecular flexibility index (Phi) is 4.12. The number of hydrogen-bond donors (Lipinski definition) is 2. The van der Waals surface area contributed by atoms with Crippen LogP contribution in [0.3, 0.4) is 0 Å². The van der Waals surface area contributed by atoms with E-state index < -0.39 is 10.0 Å². The number of nitrogen functional groups attached to an aromatic ring is 1. The van der Waals surface area contributed by atoms with Crippen molar-refractivity contribution in [2.45, 2.75) is 4.90 Å². The van der Waals surface area contributed by atoms with E-state index >= 15 is 0 Å². The molecule has 6 nitrogen and oxygen atoms in total. The molecule has 0 unspecified atom stereocenters. The lowest BCUT2D eigenvalue weighted by atomic mass is 10.3. The van der Waals surface area contributed by atoms with Gasteiger partial charge in [-0.1, -0.05) is 11.6 Å². The quantitative estimate of drug-likeness (QED) is 0.842. The lowest BCUT2D eigenvalue weighted by Crippen LogP contribution is -2.19. The van der Waals surface area contributed by atoms with E-state index in [1.807, 2.05) is 0 Å². The van der Waals surface area contributed by atoms with Crippen LogP contribution in [0, 0.1) is 0 Å². The van der Waals surface area contributed by atoms with Crippen LogP contribution >= 0.6 is 11.6 Å². The molecule has 0 spiro atoms. The molecule has 20 heavy (non-hydrogen) atoms. The molecule has 8 heteroatoms. The van der Waals surface area contributed by atoms with E-state index in [9.17, 15) is 8.42 Å². The Hall–Kier alpha value is -1.83. The first kappa shape index (κ1) is 14.6. The Bertz CT molecular complexity index is 734. The molecule has 1 heterocycles. The average molecular weight is 314 g/mol. The number of rotatable bonds is 4. The number of sulfonamides is 1. The molecule has 0 radical (unpaired) electrons. The van der Waals surface area contributed by atoms with E-state index in [1.54, 1.807) is 6.07 Å². The third kappa shape index (κ3) is 3.19. The van der Waals surface area contributed by atoms with Crippen molar-refractivity contribution in [3.63, 3.8) is 0 Å². The molecule has 0 aliphatic carbocycles. The predicted molar refractivity (Wildman–Crippen MR) is 76.4 cm³/mol. The Morgan fingerprint density at radius 1 is 1.30 bits per heavy atom. The SMILES string of the molecule is CNS(=O)(=O)c1cc(N)ccc1Oc1cncc(Cl)c1. The van der Waals surface area contributed by atoms with Crippen molar-refractivity contribution in [1.82, 2.24) is 9.71 Å². The second-order valence-electron chi connectivity index (χ2n) is 3.85. The molecule has 0 fully saturated rings. The van der Waals surface area contributed by atoms with Gasteiger partial charge in [-0.2, -0.15) is 0 Å².